The number of nitrogens with zero attached hydrogens (tertiary/aromatic N) is 2. The van der Waals surface area contributed by atoms with Crippen molar-refractivity contribution in [3.63, 3.8) is 0 Å². The van der Waals surface area contributed by atoms with E-state index in [0.717, 1.165) is 22.3 Å². The molecule has 0 unspecified atom stereocenters. The van der Waals surface area contributed by atoms with Crippen molar-refractivity contribution in [2.75, 3.05) is 12.5 Å². The van der Waals surface area contributed by atoms with Crippen molar-refractivity contribution in [1.29, 1.82) is 0 Å². The number of amides is 3. The molecule has 1 saturated heterocycles. The fourth-order valence-corrected chi connectivity index (χ4v) is 6.20. The second-order valence-corrected chi connectivity index (χ2v) is 12.6. The molecule has 0 bridgehead atoms. The molecule has 1 aliphatic rings. The molecule has 1 fully saturated rings. The second kappa shape index (κ2) is 13.8. The summed E-state index contributed by atoms with van der Waals surface area (Å²) in [7, 11) is 0. The van der Waals surface area contributed by atoms with E-state index in [9.17, 15) is 19.5 Å². The summed E-state index contributed by atoms with van der Waals surface area (Å²) < 4.78 is 5.22. The average Bonchev–Trinajstić information content (AvgIpc) is 3.30. The van der Waals surface area contributed by atoms with E-state index in [-0.39, 0.29) is 31.4 Å². The van der Waals surface area contributed by atoms with Gasteiger partial charge in [-0.3, -0.25) is 19.4 Å². The fraction of sp³-hybridized carbons (Fsp3) is 0.375. The van der Waals surface area contributed by atoms with E-state index in [2.05, 4.69) is 15.6 Å². The third-order valence-corrected chi connectivity index (χ3v) is 8.70. The van der Waals surface area contributed by atoms with Gasteiger partial charge in [-0.2, -0.15) is 0 Å². The summed E-state index contributed by atoms with van der Waals surface area (Å²) in [5.41, 5.74) is 3.53. The smallest absolute Gasteiger partial charge is 0.258 e. The Bertz CT molecular complexity index is 1370. The number of benzene rings is 2. The van der Waals surface area contributed by atoms with Crippen LogP contribution in [0.4, 0.5) is 0 Å². The minimum atomic E-state index is -1.58. The van der Waals surface area contributed by atoms with Gasteiger partial charge < -0.3 is 25.4 Å². The predicted octanol–water partition coefficient (Wildman–Crippen LogP) is 3.16. The van der Waals surface area contributed by atoms with Gasteiger partial charge in [0.05, 0.1) is 11.9 Å². The zero-order valence-corrected chi connectivity index (χ0v) is 25.2. The predicted molar refractivity (Wildman–Crippen MR) is 163 cm³/mol. The van der Waals surface area contributed by atoms with Crippen molar-refractivity contribution in [2.24, 2.45) is 0 Å². The van der Waals surface area contributed by atoms with Crippen LogP contribution in [0.5, 0.6) is 5.75 Å². The van der Waals surface area contributed by atoms with Gasteiger partial charge in [-0.1, -0.05) is 48.5 Å². The maximum absolute atomic E-state index is 13.8. The number of aliphatic hydroxyl groups excluding tert-OH is 1. The van der Waals surface area contributed by atoms with Gasteiger partial charge in [0, 0.05) is 23.7 Å². The number of carbonyl (C=O) groups is 3. The van der Waals surface area contributed by atoms with Gasteiger partial charge in [0.1, 0.15) is 11.8 Å². The summed E-state index contributed by atoms with van der Waals surface area (Å²) >= 11 is 1.47. The Morgan fingerprint density at radius 3 is 2.36 bits per heavy atom. The Hall–Kier alpha value is -3.89. The first-order chi connectivity index (χ1) is 20.1. The highest BCUT2D eigenvalue weighted by atomic mass is 32.2. The molecule has 2 heterocycles. The molecule has 0 spiro atoms. The first-order valence-corrected chi connectivity index (χ1v) is 14.9. The van der Waals surface area contributed by atoms with Crippen LogP contribution >= 0.6 is 11.8 Å². The van der Waals surface area contributed by atoms with Crippen molar-refractivity contribution in [1.82, 2.24) is 20.5 Å². The third kappa shape index (κ3) is 7.68. The monoisotopic (exact) mass is 590 g/mol. The third-order valence-electron chi connectivity index (χ3n) is 7.33. The number of hydrogen-bond donors (Lipinski definition) is 3. The summed E-state index contributed by atoms with van der Waals surface area (Å²) in [6, 6.07) is 16.9. The first-order valence-electron chi connectivity index (χ1n) is 13.9. The van der Waals surface area contributed by atoms with Gasteiger partial charge >= 0.3 is 0 Å². The number of aryl methyl sites for hydroxylation is 2. The lowest BCUT2D eigenvalue weighted by atomic mass is 9.97. The molecule has 3 N–H and O–H groups in total. The number of thioether (sulfide) groups is 1. The normalized spacial score (nSPS) is 17.3. The van der Waals surface area contributed by atoms with E-state index in [0.29, 0.717) is 5.75 Å². The molecule has 42 heavy (non-hydrogen) atoms. The van der Waals surface area contributed by atoms with Crippen LogP contribution in [-0.2, 0) is 27.3 Å². The zero-order chi connectivity index (χ0) is 30.3. The molecule has 4 rings (SSSR count). The highest BCUT2D eigenvalue weighted by Crippen LogP contribution is 2.40. The standard InChI is InChI=1S/C32H38N4O5S/c1-21-9-8-10-22(2)28(21)41-19-26(37)35-25(17-23-11-6-5-7-12-23)27(38)31(40)36-20-42-32(3,4)29(36)30(39)34-18-24-13-15-33-16-14-24/h5-16,25,27,29,38H,17-20H2,1-4H3,(H,34,39)(H,35,37)/t25-,27-,29+/m0/s1. The van der Waals surface area contributed by atoms with E-state index in [1.807, 2.05) is 88.4 Å². The van der Waals surface area contributed by atoms with Crippen LogP contribution in [0.15, 0.2) is 73.1 Å². The Morgan fingerprint density at radius 1 is 1.02 bits per heavy atom. The molecule has 3 aromatic rings. The van der Waals surface area contributed by atoms with Crippen LogP contribution in [0, 0.1) is 13.8 Å². The second-order valence-electron chi connectivity index (χ2n) is 11.0. The maximum Gasteiger partial charge on any atom is 0.258 e. The van der Waals surface area contributed by atoms with Gasteiger partial charge in [-0.15, -0.1) is 11.8 Å². The highest BCUT2D eigenvalue weighted by molar-refractivity contribution is 8.00. The molecular formula is C32H38N4O5S. The molecule has 0 saturated carbocycles. The summed E-state index contributed by atoms with van der Waals surface area (Å²) in [6.07, 6.45) is 1.93. The average molecular weight is 591 g/mol. The number of carbonyl (C=O) groups excluding carboxylic acids is 3. The van der Waals surface area contributed by atoms with Crippen LogP contribution in [0.25, 0.3) is 0 Å². The molecule has 1 aromatic heterocycles. The molecule has 10 heteroatoms. The lowest BCUT2D eigenvalue weighted by Gasteiger charge is -2.33. The first kappa shape index (κ1) is 31.1. The van der Waals surface area contributed by atoms with Crippen molar-refractivity contribution < 1.29 is 24.2 Å². The molecule has 222 valence electrons. The molecule has 3 amide bonds. The quantitative estimate of drug-likeness (QED) is 0.314. The van der Waals surface area contributed by atoms with Crippen LogP contribution in [0.3, 0.4) is 0 Å². The minimum absolute atomic E-state index is 0.214. The summed E-state index contributed by atoms with van der Waals surface area (Å²) in [5, 5.41) is 17.1. The Balaban J connectivity index is 1.49. The van der Waals surface area contributed by atoms with Crippen molar-refractivity contribution in [2.45, 2.75) is 63.6 Å². The van der Waals surface area contributed by atoms with Gasteiger partial charge in [0.25, 0.3) is 11.8 Å². The number of nitrogens with one attached hydrogen (secondary N) is 2. The SMILES string of the molecule is Cc1cccc(C)c1OCC(=O)N[C@@H](Cc1ccccc1)[C@H](O)C(=O)N1CSC(C)(C)[C@H]1C(=O)NCc1ccncc1. The van der Waals surface area contributed by atoms with Gasteiger partial charge in [-0.25, -0.2) is 0 Å². The Labute approximate surface area is 251 Å². The highest BCUT2D eigenvalue weighted by Gasteiger charge is 2.49. The topological polar surface area (TPSA) is 121 Å². The Morgan fingerprint density at radius 2 is 1.69 bits per heavy atom. The molecule has 2 aromatic carbocycles. The number of aliphatic hydroxyl groups is 1. The van der Waals surface area contributed by atoms with E-state index in [1.54, 1.807) is 12.4 Å². The minimum Gasteiger partial charge on any atom is -0.483 e. The Kier molecular flexibility index (Phi) is 10.2. The van der Waals surface area contributed by atoms with Gasteiger partial charge in [0.15, 0.2) is 12.7 Å². The summed E-state index contributed by atoms with van der Waals surface area (Å²) in [5.74, 6) is -0.533. The van der Waals surface area contributed by atoms with E-state index in [4.69, 9.17) is 4.74 Å². The number of aromatic nitrogens is 1. The van der Waals surface area contributed by atoms with E-state index in [1.165, 1.54) is 16.7 Å². The molecule has 3 atom stereocenters. The van der Waals surface area contributed by atoms with Crippen LogP contribution < -0.4 is 15.4 Å². The number of para-hydroxylation sites is 1. The van der Waals surface area contributed by atoms with E-state index < -0.39 is 34.7 Å². The lowest BCUT2D eigenvalue weighted by Crippen LogP contribution is -2.59. The largest absolute Gasteiger partial charge is 0.483 e. The van der Waals surface area contributed by atoms with Crippen molar-refractivity contribution >= 4 is 29.5 Å². The van der Waals surface area contributed by atoms with Crippen molar-refractivity contribution in [3.05, 3.63) is 95.3 Å². The molecule has 9 nitrogen and oxygen atoms in total. The molecule has 0 radical (unpaired) electrons. The van der Waals surface area contributed by atoms with Gasteiger partial charge in [0.2, 0.25) is 5.91 Å². The van der Waals surface area contributed by atoms with Crippen LogP contribution in [0.2, 0.25) is 0 Å². The number of hydrogen-bond acceptors (Lipinski definition) is 7. The zero-order valence-electron chi connectivity index (χ0n) is 24.4. The number of rotatable bonds is 11. The van der Waals surface area contributed by atoms with Gasteiger partial charge in [-0.05, 0) is 68.5 Å². The summed E-state index contributed by atoms with van der Waals surface area (Å²) in [4.78, 5) is 45.6. The van der Waals surface area contributed by atoms with Crippen LogP contribution in [0.1, 0.15) is 36.1 Å². The number of pyridine rings is 1. The van der Waals surface area contributed by atoms with Crippen molar-refractivity contribution in [3.8, 4) is 5.75 Å². The van der Waals surface area contributed by atoms with Crippen LogP contribution in [-0.4, -0.2) is 68.1 Å². The lowest BCUT2D eigenvalue weighted by molar-refractivity contribution is -0.148. The molecule has 0 aliphatic carbocycles. The fourth-order valence-electron chi connectivity index (χ4n) is 5.06. The summed E-state index contributed by atoms with van der Waals surface area (Å²) in [6.45, 7) is 7.63. The molecular weight excluding hydrogens is 552 g/mol. The number of ether oxygens (including phenoxy) is 1. The molecule has 1 aliphatic heterocycles. The maximum atomic E-state index is 13.8. The van der Waals surface area contributed by atoms with E-state index >= 15 is 0 Å².